The molecular weight excluding hydrogens is 268 g/mol. The van der Waals surface area contributed by atoms with Gasteiger partial charge in [0.15, 0.2) is 0 Å². The van der Waals surface area contributed by atoms with Crippen molar-refractivity contribution in [3.63, 3.8) is 0 Å². The van der Waals surface area contributed by atoms with Gasteiger partial charge in [-0.15, -0.1) is 11.3 Å². The van der Waals surface area contributed by atoms with Gasteiger partial charge in [-0.3, -0.25) is 4.79 Å². The zero-order valence-electron chi connectivity index (χ0n) is 9.68. The molecular formula is C13H11ClN2OS. The van der Waals surface area contributed by atoms with Crippen LogP contribution in [-0.2, 0) is 4.79 Å². The van der Waals surface area contributed by atoms with E-state index in [1.165, 1.54) is 6.08 Å². The Morgan fingerprint density at radius 1 is 1.44 bits per heavy atom. The minimum Gasteiger partial charge on any atom is -0.321 e. The van der Waals surface area contributed by atoms with Crippen LogP contribution >= 0.6 is 22.9 Å². The van der Waals surface area contributed by atoms with Crippen molar-refractivity contribution in [2.75, 3.05) is 5.32 Å². The maximum atomic E-state index is 11.7. The first-order valence-electron chi connectivity index (χ1n) is 5.31. The molecule has 0 spiro atoms. The highest BCUT2D eigenvalue weighted by Crippen LogP contribution is 2.16. The number of rotatable bonds is 3. The number of aromatic nitrogens is 1. The summed E-state index contributed by atoms with van der Waals surface area (Å²) in [5.74, 6) is -0.185. The molecule has 2 aromatic heterocycles. The first-order chi connectivity index (χ1) is 8.65. The van der Waals surface area contributed by atoms with Crippen molar-refractivity contribution in [3.8, 4) is 0 Å². The molecule has 92 valence electrons. The maximum Gasteiger partial charge on any atom is 0.248 e. The van der Waals surface area contributed by atoms with Gasteiger partial charge in [0.05, 0.1) is 11.4 Å². The van der Waals surface area contributed by atoms with Crippen molar-refractivity contribution in [2.24, 2.45) is 0 Å². The van der Waals surface area contributed by atoms with Gasteiger partial charge in [-0.1, -0.05) is 17.7 Å². The van der Waals surface area contributed by atoms with Crippen LogP contribution in [-0.4, -0.2) is 10.9 Å². The monoisotopic (exact) mass is 278 g/mol. The van der Waals surface area contributed by atoms with Gasteiger partial charge in [0, 0.05) is 11.0 Å². The summed E-state index contributed by atoms with van der Waals surface area (Å²) in [6.07, 6.45) is 3.28. The lowest BCUT2D eigenvalue weighted by Crippen LogP contribution is -2.09. The number of amides is 1. The Bertz CT molecular complexity index is 579. The van der Waals surface area contributed by atoms with Crippen LogP contribution in [0.5, 0.6) is 0 Å². The number of hydrogen-bond acceptors (Lipinski definition) is 3. The fourth-order valence-corrected chi connectivity index (χ4v) is 2.19. The van der Waals surface area contributed by atoms with Crippen molar-refractivity contribution in [2.45, 2.75) is 6.92 Å². The van der Waals surface area contributed by atoms with E-state index in [1.54, 1.807) is 36.5 Å². The topological polar surface area (TPSA) is 42.0 Å². The number of anilines is 1. The van der Waals surface area contributed by atoms with Crippen LogP contribution in [0.1, 0.15) is 10.6 Å². The summed E-state index contributed by atoms with van der Waals surface area (Å²) in [5.41, 5.74) is 1.36. The summed E-state index contributed by atoms with van der Waals surface area (Å²) in [6, 6.07) is 7.27. The van der Waals surface area contributed by atoms with Gasteiger partial charge in [0.2, 0.25) is 5.91 Å². The highest BCUT2D eigenvalue weighted by atomic mass is 35.5. The average Bonchev–Trinajstić information content (AvgIpc) is 2.83. The first kappa shape index (κ1) is 12.8. The zero-order valence-corrected chi connectivity index (χ0v) is 11.3. The number of halogens is 1. The third-order valence-corrected chi connectivity index (χ3v) is 3.30. The van der Waals surface area contributed by atoms with Gasteiger partial charge in [0.25, 0.3) is 0 Å². The van der Waals surface area contributed by atoms with Gasteiger partial charge in [-0.05, 0) is 36.6 Å². The SMILES string of the molecule is Cc1nc(Cl)ccc1NC(=O)/C=C/c1cccs1. The number of nitrogens with zero attached hydrogens (tertiary/aromatic N) is 1. The third kappa shape index (κ3) is 3.42. The normalized spacial score (nSPS) is 10.8. The molecule has 0 aliphatic carbocycles. The largest absolute Gasteiger partial charge is 0.321 e. The second kappa shape index (κ2) is 5.80. The van der Waals surface area contributed by atoms with Gasteiger partial charge < -0.3 is 5.32 Å². The fraction of sp³-hybridized carbons (Fsp3) is 0.0769. The molecule has 3 nitrogen and oxygen atoms in total. The van der Waals surface area contributed by atoms with E-state index in [2.05, 4.69) is 10.3 Å². The van der Waals surface area contributed by atoms with Crippen molar-refractivity contribution >= 4 is 40.6 Å². The van der Waals surface area contributed by atoms with Gasteiger partial charge in [-0.25, -0.2) is 4.98 Å². The number of carbonyl (C=O) groups excluding carboxylic acids is 1. The smallest absolute Gasteiger partial charge is 0.248 e. The highest BCUT2D eigenvalue weighted by Gasteiger charge is 2.03. The van der Waals surface area contributed by atoms with Crippen LogP contribution in [0.3, 0.4) is 0 Å². The lowest BCUT2D eigenvalue weighted by atomic mass is 10.3. The fourth-order valence-electron chi connectivity index (χ4n) is 1.38. The van der Waals surface area contributed by atoms with E-state index in [0.717, 1.165) is 4.88 Å². The Morgan fingerprint density at radius 2 is 2.28 bits per heavy atom. The average molecular weight is 279 g/mol. The molecule has 0 fully saturated rings. The third-order valence-electron chi connectivity index (χ3n) is 2.25. The number of aryl methyl sites for hydroxylation is 1. The molecule has 2 aromatic rings. The standard InChI is InChI=1S/C13H11ClN2OS/c1-9-11(5-6-12(14)15-9)16-13(17)7-4-10-3-2-8-18-10/h2-8H,1H3,(H,16,17)/b7-4+. The molecule has 0 aromatic carbocycles. The van der Waals surface area contributed by atoms with E-state index < -0.39 is 0 Å². The molecule has 0 saturated carbocycles. The van der Waals surface area contributed by atoms with Crippen LogP contribution in [0.25, 0.3) is 6.08 Å². The molecule has 0 aliphatic rings. The number of thiophene rings is 1. The van der Waals surface area contributed by atoms with Crippen LogP contribution < -0.4 is 5.32 Å². The molecule has 0 aliphatic heterocycles. The van der Waals surface area contributed by atoms with Crippen molar-refractivity contribution in [3.05, 3.63) is 51.4 Å². The number of pyridine rings is 1. The summed E-state index contributed by atoms with van der Waals surface area (Å²) >= 11 is 7.33. The van der Waals surface area contributed by atoms with E-state index in [0.29, 0.717) is 16.5 Å². The van der Waals surface area contributed by atoms with Gasteiger partial charge in [-0.2, -0.15) is 0 Å². The summed E-state index contributed by atoms with van der Waals surface area (Å²) in [5, 5.41) is 5.14. The van der Waals surface area contributed by atoms with Crippen LogP contribution in [0.15, 0.2) is 35.7 Å². The molecule has 0 radical (unpaired) electrons. The maximum absolute atomic E-state index is 11.7. The predicted molar refractivity (Wildman–Crippen MR) is 76.0 cm³/mol. The number of hydrogen-bond donors (Lipinski definition) is 1. The minimum absolute atomic E-state index is 0.185. The number of nitrogens with one attached hydrogen (secondary N) is 1. The summed E-state index contributed by atoms with van der Waals surface area (Å²) in [6.45, 7) is 1.80. The molecule has 2 heterocycles. The molecule has 1 N–H and O–H groups in total. The molecule has 18 heavy (non-hydrogen) atoms. The minimum atomic E-state index is -0.185. The lowest BCUT2D eigenvalue weighted by Gasteiger charge is -2.05. The predicted octanol–water partition coefficient (Wildman–Crippen LogP) is 3.76. The molecule has 0 saturated heterocycles. The quantitative estimate of drug-likeness (QED) is 0.686. The molecule has 0 atom stereocenters. The summed E-state index contributed by atoms with van der Waals surface area (Å²) < 4.78 is 0. The van der Waals surface area contributed by atoms with Gasteiger partial charge in [0.1, 0.15) is 5.15 Å². The van der Waals surface area contributed by atoms with Crippen LogP contribution in [0.4, 0.5) is 5.69 Å². The molecule has 1 amide bonds. The molecule has 2 rings (SSSR count). The lowest BCUT2D eigenvalue weighted by molar-refractivity contribution is -0.111. The Hall–Kier alpha value is -1.65. The van der Waals surface area contributed by atoms with Crippen molar-refractivity contribution in [1.82, 2.24) is 4.98 Å². The van der Waals surface area contributed by atoms with Crippen molar-refractivity contribution < 1.29 is 4.79 Å². The van der Waals surface area contributed by atoms with Gasteiger partial charge >= 0.3 is 0 Å². The Labute approximate surface area is 114 Å². The van der Waals surface area contributed by atoms with E-state index in [4.69, 9.17) is 11.6 Å². The van der Waals surface area contributed by atoms with E-state index in [-0.39, 0.29) is 5.91 Å². The highest BCUT2D eigenvalue weighted by molar-refractivity contribution is 7.10. The first-order valence-corrected chi connectivity index (χ1v) is 6.56. The summed E-state index contributed by atoms with van der Waals surface area (Å²) in [7, 11) is 0. The van der Waals surface area contributed by atoms with E-state index in [9.17, 15) is 4.79 Å². The number of carbonyl (C=O) groups is 1. The molecule has 5 heteroatoms. The Kier molecular flexibility index (Phi) is 4.12. The van der Waals surface area contributed by atoms with Crippen LogP contribution in [0, 0.1) is 6.92 Å². The Balaban J connectivity index is 2.03. The van der Waals surface area contributed by atoms with E-state index >= 15 is 0 Å². The Morgan fingerprint density at radius 3 is 2.94 bits per heavy atom. The summed E-state index contributed by atoms with van der Waals surface area (Å²) in [4.78, 5) is 16.8. The van der Waals surface area contributed by atoms with E-state index in [1.807, 2.05) is 17.5 Å². The molecule has 0 bridgehead atoms. The second-order valence-electron chi connectivity index (χ2n) is 3.60. The zero-order chi connectivity index (χ0) is 13.0. The second-order valence-corrected chi connectivity index (χ2v) is 4.97. The van der Waals surface area contributed by atoms with Crippen LogP contribution in [0.2, 0.25) is 5.15 Å². The van der Waals surface area contributed by atoms with Crippen molar-refractivity contribution in [1.29, 1.82) is 0 Å². The molecule has 0 unspecified atom stereocenters.